The number of hydrogen-bond acceptors (Lipinski definition) is 5. The topological polar surface area (TPSA) is 44.8 Å². The number of carbonyl (C=O) groups excluding carboxylic acids is 1. The van der Waals surface area contributed by atoms with Crippen molar-refractivity contribution < 1.29 is 18.4 Å². The van der Waals surface area contributed by atoms with Crippen molar-refractivity contribution in [2.24, 2.45) is 5.92 Å². The van der Waals surface area contributed by atoms with Crippen LogP contribution in [0.4, 0.5) is 0 Å². The Balaban J connectivity index is 2.80. The second kappa shape index (κ2) is 8.90. The van der Waals surface area contributed by atoms with Gasteiger partial charge in [-0.2, -0.15) is 0 Å². The van der Waals surface area contributed by atoms with Gasteiger partial charge < -0.3 is 13.6 Å². The molecular weight excluding hydrogens is 392 g/mol. The third-order valence-electron chi connectivity index (χ3n) is 6.52. The Morgan fingerprint density at radius 1 is 0.926 bits per heavy atom. The average Bonchev–Trinajstić information content (AvgIpc) is 2.82. The van der Waals surface area contributed by atoms with Crippen molar-refractivity contribution in [2.75, 3.05) is 13.2 Å². The molecule has 0 N–H and O–H groups in total. The molecular formula is C20H42O4SSi2. The molecule has 3 atom stereocenters. The lowest BCUT2D eigenvalue weighted by molar-refractivity contribution is -0.142. The van der Waals surface area contributed by atoms with E-state index in [4.69, 9.17) is 13.6 Å². The summed E-state index contributed by atoms with van der Waals surface area (Å²) in [5.74, 6) is 0.153. The van der Waals surface area contributed by atoms with E-state index in [9.17, 15) is 4.79 Å². The Hall–Kier alpha value is 0.174. The van der Waals surface area contributed by atoms with Crippen LogP contribution < -0.4 is 0 Å². The van der Waals surface area contributed by atoms with Gasteiger partial charge in [0.2, 0.25) is 0 Å². The average molecular weight is 435 g/mol. The molecule has 4 nitrogen and oxygen atoms in total. The van der Waals surface area contributed by atoms with Crippen LogP contribution >= 0.6 is 11.8 Å². The Kier molecular flexibility index (Phi) is 8.31. The predicted octanol–water partition coefficient (Wildman–Crippen LogP) is 6.04. The third-order valence-corrected chi connectivity index (χ3v) is 17.0. The summed E-state index contributed by atoms with van der Waals surface area (Å²) in [5, 5.41) is 0.702. The smallest absolute Gasteiger partial charge is 0.303 e. The Morgan fingerprint density at radius 2 is 1.37 bits per heavy atom. The standard InChI is InChI=1S/C20H42O4SSi2/c1-15(21)24-18-12-16(13-22-26(8,9)19(2,3)4)17(25-18)14-23-27(10,11)20(5,6)7/h16-18H,12-14H2,1-11H3/t16-,17-,18?/m1/s1. The highest BCUT2D eigenvalue weighted by Gasteiger charge is 2.43. The first-order valence-electron chi connectivity index (χ1n) is 10.1. The van der Waals surface area contributed by atoms with Crippen LogP contribution in [-0.4, -0.2) is 46.5 Å². The molecule has 1 rings (SSSR count). The van der Waals surface area contributed by atoms with E-state index in [1.54, 1.807) is 11.8 Å². The lowest BCUT2D eigenvalue weighted by atomic mass is 10.0. The van der Waals surface area contributed by atoms with Crippen molar-refractivity contribution >= 4 is 34.4 Å². The first kappa shape index (κ1) is 25.2. The summed E-state index contributed by atoms with van der Waals surface area (Å²) in [6, 6.07) is 0. The van der Waals surface area contributed by atoms with E-state index in [1.807, 2.05) is 0 Å². The van der Waals surface area contributed by atoms with Gasteiger partial charge in [0.05, 0.1) is 0 Å². The zero-order chi connectivity index (χ0) is 21.3. The van der Waals surface area contributed by atoms with Crippen molar-refractivity contribution in [1.82, 2.24) is 0 Å². The predicted molar refractivity (Wildman–Crippen MR) is 121 cm³/mol. The van der Waals surface area contributed by atoms with Crippen LogP contribution in [0.3, 0.4) is 0 Å². The van der Waals surface area contributed by atoms with Gasteiger partial charge in [0.25, 0.3) is 0 Å². The molecule has 0 aliphatic carbocycles. The van der Waals surface area contributed by atoms with E-state index in [0.29, 0.717) is 17.8 Å². The van der Waals surface area contributed by atoms with Gasteiger partial charge >= 0.3 is 5.97 Å². The fourth-order valence-corrected chi connectivity index (χ4v) is 6.12. The molecule has 0 aromatic carbocycles. The van der Waals surface area contributed by atoms with Crippen LogP contribution in [0.15, 0.2) is 0 Å². The zero-order valence-corrected chi connectivity index (χ0v) is 22.2. The molecule has 7 heteroatoms. The van der Waals surface area contributed by atoms with Gasteiger partial charge in [0, 0.05) is 31.8 Å². The Bertz CT molecular complexity index is 471. The second-order valence-corrected chi connectivity index (χ2v) is 21.9. The van der Waals surface area contributed by atoms with E-state index in [2.05, 4.69) is 67.7 Å². The quantitative estimate of drug-likeness (QED) is 0.361. The van der Waals surface area contributed by atoms with Crippen LogP contribution in [0.2, 0.25) is 36.3 Å². The van der Waals surface area contributed by atoms with Crippen molar-refractivity contribution in [2.45, 2.75) is 102 Å². The fraction of sp³-hybridized carbons (Fsp3) is 0.950. The fourth-order valence-electron chi connectivity index (χ4n) is 2.41. The van der Waals surface area contributed by atoms with Crippen LogP contribution in [0, 0.1) is 5.92 Å². The molecule has 27 heavy (non-hydrogen) atoms. The largest absolute Gasteiger partial charge is 0.451 e. The summed E-state index contributed by atoms with van der Waals surface area (Å²) in [5.41, 5.74) is -0.0801. The normalized spacial score (nSPS) is 24.9. The molecule has 1 heterocycles. The summed E-state index contributed by atoms with van der Waals surface area (Å²) in [7, 11) is -3.59. The van der Waals surface area contributed by atoms with E-state index in [1.165, 1.54) is 6.92 Å². The molecule has 0 aromatic heterocycles. The van der Waals surface area contributed by atoms with Crippen molar-refractivity contribution in [3.63, 3.8) is 0 Å². The SMILES string of the molecule is CC(=O)OC1C[C@H](CO[Si](C)(C)C(C)(C)C)[C@@H](CO[Si](C)(C)C(C)(C)C)S1. The highest BCUT2D eigenvalue weighted by atomic mass is 32.2. The highest BCUT2D eigenvalue weighted by molar-refractivity contribution is 8.00. The maximum absolute atomic E-state index is 11.4. The van der Waals surface area contributed by atoms with Crippen LogP contribution in [-0.2, 0) is 18.4 Å². The number of esters is 1. The van der Waals surface area contributed by atoms with Crippen LogP contribution in [0.25, 0.3) is 0 Å². The van der Waals surface area contributed by atoms with E-state index < -0.39 is 16.6 Å². The summed E-state index contributed by atoms with van der Waals surface area (Å²) in [6.07, 6.45) is 0.852. The molecule has 160 valence electrons. The van der Waals surface area contributed by atoms with Gasteiger partial charge in [0.1, 0.15) is 5.44 Å². The summed E-state index contributed by atoms with van der Waals surface area (Å²) in [4.78, 5) is 11.4. The summed E-state index contributed by atoms with van der Waals surface area (Å²) < 4.78 is 18.5. The van der Waals surface area contributed by atoms with Crippen molar-refractivity contribution in [1.29, 1.82) is 0 Å². The van der Waals surface area contributed by atoms with Gasteiger partial charge in [0.15, 0.2) is 16.6 Å². The molecule has 0 saturated carbocycles. The lowest BCUT2D eigenvalue weighted by Crippen LogP contribution is -2.44. The van der Waals surface area contributed by atoms with Gasteiger partial charge in [-0.1, -0.05) is 41.5 Å². The molecule has 1 fully saturated rings. The maximum atomic E-state index is 11.4. The van der Waals surface area contributed by atoms with E-state index in [0.717, 1.165) is 13.0 Å². The number of carbonyl (C=O) groups is 1. The molecule has 1 saturated heterocycles. The van der Waals surface area contributed by atoms with Crippen LogP contribution in [0.5, 0.6) is 0 Å². The van der Waals surface area contributed by atoms with E-state index in [-0.39, 0.29) is 21.5 Å². The Morgan fingerprint density at radius 3 is 1.78 bits per heavy atom. The summed E-state index contributed by atoms with van der Waals surface area (Å²) >= 11 is 1.75. The van der Waals surface area contributed by atoms with E-state index >= 15 is 0 Å². The lowest BCUT2D eigenvalue weighted by Gasteiger charge is -2.39. The number of hydrogen-bond donors (Lipinski definition) is 0. The van der Waals surface area contributed by atoms with Crippen molar-refractivity contribution in [3.8, 4) is 0 Å². The van der Waals surface area contributed by atoms with Gasteiger partial charge in [-0.15, -0.1) is 11.8 Å². The molecule has 0 spiro atoms. The summed E-state index contributed by atoms with van der Waals surface area (Å²) in [6.45, 7) is 25.7. The number of rotatable bonds is 7. The number of ether oxygens (including phenoxy) is 1. The number of thioether (sulfide) groups is 1. The van der Waals surface area contributed by atoms with Crippen molar-refractivity contribution in [3.05, 3.63) is 0 Å². The monoisotopic (exact) mass is 434 g/mol. The van der Waals surface area contributed by atoms with Gasteiger partial charge in [-0.3, -0.25) is 4.79 Å². The molecule has 0 bridgehead atoms. The molecule has 0 radical (unpaired) electrons. The minimum atomic E-state index is -1.80. The van der Waals surface area contributed by atoms with Crippen LogP contribution in [0.1, 0.15) is 54.9 Å². The molecule has 1 aliphatic heterocycles. The zero-order valence-electron chi connectivity index (χ0n) is 19.4. The Labute approximate surface area is 173 Å². The second-order valence-electron chi connectivity index (χ2n) is 10.9. The molecule has 0 amide bonds. The minimum absolute atomic E-state index is 0.0801. The first-order valence-corrected chi connectivity index (χ1v) is 16.8. The molecule has 1 aliphatic rings. The molecule has 0 aromatic rings. The molecule has 1 unspecified atom stereocenters. The first-order chi connectivity index (χ1) is 12.0. The van der Waals surface area contributed by atoms with Gasteiger partial charge in [-0.25, -0.2) is 0 Å². The van der Waals surface area contributed by atoms with Gasteiger partial charge in [-0.05, 0) is 42.2 Å². The highest BCUT2D eigenvalue weighted by Crippen LogP contribution is 2.44. The maximum Gasteiger partial charge on any atom is 0.303 e. The third kappa shape index (κ3) is 7.17. The minimum Gasteiger partial charge on any atom is -0.451 e.